The highest BCUT2D eigenvalue weighted by Crippen LogP contribution is 2.35. The van der Waals surface area contributed by atoms with E-state index in [2.05, 4.69) is 4.74 Å². The molecule has 0 saturated heterocycles. The van der Waals surface area contributed by atoms with E-state index < -0.39 is 5.97 Å². The molecule has 106 valence electrons. The summed E-state index contributed by atoms with van der Waals surface area (Å²) < 4.78 is 4.49. The average Bonchev–Trinajstić information content (AvgIpc) is 2.45. The Bertz CT molecular complexity index is 570. The van der Waals surface area contributed by atoms with Gasteiger partial charge in [0.25, 0.3) is 0 Å². The molecule has 0 N–H and O–H groups in total. The van der Waals surface area contributed by atoms with Crippen molar-refractivity contribution in [3.63, 3.8) is 0 Å². The van der Waals surface area contributed by atoms with Gasteiger partial charge < -0.3 is 9.64 Å². The number of hydrogen-bond acceptors (Lipinski definition) is 5. The van der Waals surface area contributed by atoms with E-state index in [-0.39, 0.29) is 18.1 Å². The third-order valence-corrected chi connectivity index (χ3v) is 4.10. The lowest BCUT2D eigenvalue weighted by molar-refractivity contribution is -0.139. The maximum absolute atomic E-state index is 12.0. The molecule has 0 aliphatic carbocycles. The number of ketones is 1. The Kier molecular flexibility index (Phi) is 4.44. The summed E-state index contributed by atoms with van der Waals surface area (Å²) in [6.45, 7) is 2.13. The number of ether oxygens (including phenoxy) is 1. The number of rotatable bonds is 3. The van der Waals surface area contributed by atoms with E-state index in [1.807, 2.05) is 6.07 Å². The minimum Gasteiger partial charge on any atom is -0.469 e. The summed E-state index contributed by atoms with van der Waals surface area (Å²) in [6.07, 6.45) is -0.289. The van der Waals surface area contributed by atoms with Gasteiger partial charge in [-0.2, -0.15) is 0 Å². The maximum Gasteiger partial charge on any atom is 0.313 e. The normalized spacial score (nSPS) is 13.6. The van der Waals surface area contributed by atoms with Crippen molar-refractivity contribution in [1.82, 2.24) is 0 Å². The summed E-state index contributed by atoms with van der Waals surface area (Å²) >= 11 is 1.65. The number of thioether (sulfide) groups is 1. The van der Waals surface area contributed by atoms with E-state index in [9.17, 15) is 14.4 Å². The van der Waals surface area contributed by atoms with E-state index in [1.165, 1.54) is 14.0 Å². The second-order valence-corrected chi connectivity index (χ2v) is 5.51. The van der Waals surface area contributed by atoms with Gasteiger partial charge in [-0.25, -0.2) is 0 Å². The zero-order valence-electron chi connectivity index (χ0n) is 11.3. The van der Waals surface area contributed by atoms with Gasteiger partial charge in [-0.3, -0.25) is 14.4 Å². The molecule has 6 heteroatoms. The smallest absolute Gasteiger partial charge is 0.313 e. The van der Waals surface area contributed by atoms with Gasteiger partial charge in [0, 0.05) is 29.7 Å². The highest BCUT2D eigenvalue weighted by molar-refractivity contribution is 7.99. The van der Waals surface area contributed by atoms with E-state index >= 15 is 0 Å². The molecule has 0 bridgehead atoms. The first kappa shape index (κ1) is 14.6. The van der Waals surface area contributed by atoms with Crippen LogP contribution in [0.1, 0.15) is 23.7 Å². The Morgan fingerprint density at radius 1 is 1.35 bits per heavy atom. The predicted octanol–water partition coefficient (Wildman–Crippen LogP) is 1.89. The van der Waals surface area contributed by atoms with E-state index in [1.54, 1.807) is 28.8 Å². The van der Waals surface area contributed by atoms with E-state index in [0.717, 1.165) is 16.3 Å². The van der Waals surface area contributed by atoms with Crippen molar-refractivity contribution >= 4 is 35.1 Å². The highest BCUT2D eigenvalue weighted by Gasteiger charge is 2.22. The standard InChI is InChI=1S/C14H15NO4S/c1-9(16)15-5-6-20-13-4-3-10(7-11(13)15)12(17)8-14(18)19-2/h3-4,7H,5-6,8H2,1-2H3. The van der Waals surface area contributed by atoms with Crippen LogP contribution in [0, 0.1) is 0 Å². The van der Waals surface area contributed by atoms with Crippen LogP contribution in [0.25, 0.3) is 0 Å². The van der Waals surface area contributed by atoms with Crippen LogP contribution in [-0.4, -0.2) is 37.1 Å². The summed E-state index contributed by atoms with van der Waals surface area (Å²) in [5, 5.41) is 0. The minimum atomic E-state index is -0.564. The molecule has 0 spiro atoms. The molecular weight excluding hydrogens is 278 g/mol. The topological polar surface area (TPSA) is 63.7 Å². The lowest BCUT2D eigenvalue weighted by Gasteiger charge is -2.28. The first-order valence-corrected chi connectivity index (χ1v) is 7.16. The number of nitrogens with zero attached hydrogens (tertiary/aromatic N) is 1. The number of esters is 1. The SMILES string of the molecule is COC(=O)CC(=O)c1ccc2c(c1)N(C(C)=O)CCS2. The van der Waals surface area contributed by atoms with Crippen molar-refractivity contribution in [1.29, 1.82) is 0 Å². The number of amides is 1. The molecule has 0 saturated carbocycles. The molecule has 1 aliphatic rings. The number of fused-ring (bicyclic) bond motifs is 1. The van der Waals surface area contributed by atoms with Gasteiger partial charge in [0.15, 0.2) is 5.78 Å². The van der Waals surface area contributed by atoms with Crippen LogP contribution < -0.4 is 4.90 Å². The van der Waals surface area contributed by atoms with Gasteiger partial charge in [-0.05, 0) is 12.1 Å². The van der Waals surface area contributed by atoms with Crippen molar-refractivity contribution in [3.8, 4) is 0 Å². The number of carbonyl (C=O) groups excluding carboxylic acids is 3. The Balaban J connectivity index is 2.30. The summed E-state index contributed by atoms with van der Waals surface area (Å²) in [5.74, 6) is -0.0875. The molecule has 0 unspecified atom stereocenters. The summed E-state index contributed by atoms with van der Waals surface area (Å²) in [5.41, 5.74) is 1.16. The van der Waals surface area contributed by atoms with Crippen molar-refractivity contribution in [2.24, 2.45) is 0 Å². The fourth-order valence-electron chi connectivity index (χ4n) is 2.02. The maximum atomic E-state index is 12.0. The molecule has 0 radical (unpaired) electrons. The monoisotopic (exact) mass is 293 g/mol. The van der Waals surface area contributed by atoms with E-state index in [0.29, 0.717) is 12.1 Å². The fraction of sp³-hybridized carbons (Fsp3) is 0.357. The van der Waals surface area contributed by atoms with Crippen LogP contribution in [0.5, 0.6) is 0 Å². The Morgan fingerprint density at radius 2 is 2.10 bits per heavy atom. The van der Waals surface area contributed by atoms with Gasteiger partial charge in [0.2, 0.25) is 5.91 Å². The van der Waals surface area contributed by atoms with Gasteiger partial charge in [0.1, 0.15) is 6.42 Å². The highest BCUT2D eigenvalue weighted by atomic mass is 32.2. The van der Waals surface area contributed by atoms with Gasteiger partial charge in [-0.15, -0.1) is 11.8 Å². The van der Waals surface area contributed by atoms with Crippen LogP contribution in [0.4, 0.5) is 5.69 Å². The predicted molar refractivity (Wildman–Crippen MR) is 76.2 cm³/mol. The molecule has 20 heavy (non-hydrogen) atoms. The molecule has 1 aromatic carbocycles. The number of methoxy groups -OCH3 is 1. The number of carbonyl (C=O) groups is 3. The largest absolute Gasteiger partial charge is 0.469 e. The lowest BCUT2D eigenvalue weighted by Crippen LogP contribution is -2.33. The summed E-state index contributed by atoms with van der Waals surface area (Å²) in [6, 6.07) is 5.18. The van der Waals surface area contributed by atoms with Crippen LogP contribution >= 0.6 is 11.8 Å². The minimum absolute atomic E-state index is 0.0517. The Morgan fingerprint density at radius 3 is 2.75 bits per heavy atom. The molecule has 1 amide bonds. The zero-order valence-corrected chi connectivity index (χ0v) is 12.2. The van der Waals surface area contributed by atoms with Crippen LogP contribution in [0.15, 0.2) is 23.1 Å². The first-order chi connectivity index (χ1) is 9.52. The molecule has 0 aromatic heterocycles. The molecule has 1 aliphatic heterocycles. The quantitative estimate of drug-likeness (QED) is 0.484. The van der Waals surface area contributed by atoms with Crippen LogP contribution in [0.2, 0.25) is 0 Å². The molecule has 2 rings (SSSR count). The van der Waals surface area contributed by atoms with Crippen molar-refractivity contribution in [2.45, 2.75) is 18.2 Å². The van der Waals surface area contributed by atoms with E-state index in [4.69, 9.17) is 0 Å². The van der Waals surface area contributed by atoms with Crippen molar-refractivity contribution in [3.05, 3.63) is 23.8 Å². The molecule has 0 fully saturated rings. The molecular formula is C14H15NO4S. The molecule has 5 nitrogen and oxygen atoms in total. The average molecular weight is 293 g/mol. The van der Waals surface area contributed by atoms with Crippen molar-refractivity contribution in [2.75, 3.05) is 24.3 Å². The second kappa shape index (κ2) is 6.09. The summed E-state index contributed by atoms with van der Waals surface area (Å²) in [4.78, 5) is 37.4. The van der Waals surface area contributed by atoms with Crippen molar-refractivity contribution < 1.29 is 19.1 Å². The second-order valence-electron chi connectivity index (χ2n) is 4.38. The molecule has 0 atom stereocenters. The zero-order chi connectivity index (χ0) is 14.7. The Hall–Kier alpha value is -1.82. The number of anilines is 1. The number of benzene rings is 1. The fourth-order valence-corrected chi connectivity index (χ4v) is 3.00. The summed E-state index contributed by atoms with van der Waals surface area (Å²) in [7, 11) is 1.25. The third-order valence-electron chi connectivity index (χ3n) is 3.06. The number of Topliss-reactive ketones (excluding diaryl/α,β-unsaturated/α-hetero) is 1. The Labute approximate surface area is 121 Å². The van der Waals surface area contributed by atoms with Crippen LogP contribution in [0.3, 0.4) is 0 Å². The van der Waals surface area contributed by atoms with Gasteiger partial charge >= 0.3 is 5.97 Å². The first-order valence-electron chi connectivity index (χ1n) is 6.18. The third kappa shape index (κ3) is 3.01. The number of hydrogen-bond donors (Lipinski definition) is 0. The van der Waals surface area contributed by atoms with Crippen LogP contribution in [-0.2, 0) is 14.3 Å². The van der Waals surface area contributed by atoms with Gasteiger partial charge in [-0.1, -0.05) is 6.07 Å². The molecule has 1 aromatic rings. The van der Waals surface area contributed by atoms with Gasteiger partial charge in [0.05, 0.1) is 12.8 Å². The lowest BCUT2D eigenvalue weighted by atomic mass is 10.1. The molecule has 1 heterocycles.